The van der Waals surface area contributed by atoms with E-state index < -0.39 is 23.4 Å². The number of anilines is 2. The van der Waals surface area contributed by atoms with Gasteiger partial charge in [0.2, 0.25) is 5.91 Å². The Balaban J connectivity index is 1.84. The first-order chi connectivity index (χ1) is 11.4. The Labute approximate surface area is 135 Å². The standard InChI is InChI=1S/C17H13F2N3O2/c1-9(23)20-15-8-12(3-4-13(15)19)21-17(24)16-7-10-6-11(18)2-5-14(10)22-16/h2-8,22H,1H3,(H,20,23)(H,21,24). The Morgan fingerprint density at radius 3 is 2.54 bits per heavy atom. The average Bonchev–Trinajstić information content (AvgIpc) is 2.93. The van der Waals surface area contributed by atoms with Crippen LogP contribution in [0, 0.1) is 11.6 Å². The molecule has 1 heterocycles. The van der Waals surface area contributed by atoms with Gasteiger partial charge in [-0.15, -0.1) is 0 Å². The van der Waals surface area contributed by atoms with Gasteiger partial charge < -0.3 is 15.6 Å². The van der Waals surface area contributed by atoms with Crippen molar-refractivity contribution in [2.75, 3.05) is 10.6 Å². The molecule has 0 spiro atoms. The lowest BCUT2D eigenvalue weighted by atomic mass is 10.2. The molecule has 7 heteroatoms. The highest BCUT2D eigenvalue weighted by atomic mass is 19.1. The molecule has 0 atom stereocenters. The summed E-state index contributed by atoms with van der Waals surface area (Å²) in [5.41, 5.74) is 1.15. The van der Waals surface area contributed by atoms with E-state index in [1.54, 1.807) is 0 Å². The van der Waals surface area contributed by atoms with Gasteiger partial charge in [-0.1, -0.05) is 0 Å². The number of rotatable bonds is 3. The predicted molar refractivity (Wildman–Crippen MR) is 86.9 cm³/mol. The van der Waals surface area contributed by atoms with Crippen LogP contribution in [0.2, 0.25) is 0 Å². The fourth-order valence-electron chi connectivity index (χ4n) is 2.31. The summed E-state index contributed by atoms with van der Waals surface area (Å²) in [5.74, 6) is -1.89. The molecular formula is C17H13F2N3O2. The lowest BCUT2D eigenvalue weighted by Crippen LogP contribution is -2.13. The number of H-pyrrole nitrogens is 1. The van der Waals surface area contributed by atoms with E-state index in [1.165, 1.54) is 43.3 Å². The minimum Gasteiger partial charge on any atom is -0.351 e. The molecule has 0 saturated carbocycles. The van der Waals surface area contributed by atoms with E-state index in [0.717, 1.165) is 6.07 Å². The number of carbonyl (C=O) groups excluding carboxylic acids is 2. The van der Waals surface area contributed by atoms with Crippen molar-refractivity contribution in [1.29, 1.82) is 0 Å². The lowest BCUT2D eigenvalue weighted by molar-refractivity contribution is -0.114. The van der Waals surface area contributed by atoms with E-state index in [0.29, 0.717) is 16.6 Å². The summed E-state index contributed by atoms with van der Waals surface area (Å²) in [4.78, 5) is 26.2. The number of aromatic nitrogens is 1. The van der Waals surface area contributed by atoms with Crippen LogP contribution in [0.1, 0.15) is 17.4 Å². The van der Waals surface area contributed by atoms with Crippen molar-refractivity contribution >= 4 is 34.1 Å². The quantitative estimate of drug-likeness (QED) is 0.686. The molecule has 0 fully saturated rings. The molecule has 1 aromatic heterocycles. The van der Waals surface area contributed by atoms with Crippen molar-refractivity contribution in [3.63, 3.8) is 0 Å². The molecule has 24 heavy (non-hydrogen) atoms. The maximum atomic E-state index is 13.6. The van der Waals surface area contributed by atoms with Crippen LogP contribution in [0.4, 0.5) is 20.2 Å². The summed E-state index contributed by atoms with van der Waals surface area (Å²) in [5, 5.41) is 5.50. The number of halogens is 2. The van der Waals surface area contributed by atoms with Crippen molar-refractivity contribution in [3.8, 4) is 0 Å². The summed E-state index contributed by atoms with van der Waals surface area (Å²) in [6.07, 6.45) is 0. The van der Waals surface area contributed by atoms with Crippen LogP contribution >= 0.6 is 0 Å². The van der Waals surface area contributed by atoms with Gasteiger partial charge in [0.1, 0.15) is 17.3 Å². The average molecular weight is 329 g/mol. The number of fused-ring (bicyclic) bond motifs is 1. The maximum Gasteiger partial charge on any atom is 0.272 e. The predicted octanol–water partition coefficient (Wildman–Crippen LogP) is 3.66. The molecule has 3 rings (SSSR count). The SMILES string of the molecule is CC(=O)Nc1cc(NC(=O)c2cc3cc(F)ccc3[nH]2)ccc1F. The Bertz CT molecular complexity index is 950. The summed E-state index contributed by atoms with van der Waals surface area (Å²) in [6.45, 7) is 1.26. The van der Waals surface area contributed by atoms with Crippen molar-refractivity contribution in [2.45, 2.75) is 6.92 Å². The third-order valence-corrected chi connectivity index (χ3v) is 3.36. The first kappa shape index (κ1) is 15.7. The number of carbonyl (C=O) groups is 2. The second kappa shape index (κ2) is 6.11. The first-order valence-electron chi connectivity index (χ1n) is 7.09. The van der Waals surface area contributed by atoms with Gasteiger partial charge in [-0.2, -0.15) is 0 Å². The highest BCUT2D eigenvalue weighted by Crippen LogP contribution is 2.21. The van der Waals surface area contributed by atoms with Crippen molar-refractivity contribution < 1.29 is 18.4 Å². The highest BCUT2D eigenvalue weighted by molar-refractivity contribution is 6.06. The van der Waals surface area contributed by atoms with Gasteiger partial charge in [0.05, 0.1) is 5.69 Å². The van der Waals surface area contributed by atoms with Gasteiger partial charge in [0, 0.05) is 23.5 Å². The largest absolute Gasteiger partial charge is 0.351 e. The molecule has 0 aliphatic heterocycles. The third kappa shape index (κ3) is 3.24. The van der Waals surface area contributed by atoms with Gasteiger partial charge in [-0.25, -0.2) is 8.78 Å². The van der Waals surface area contributed by atoms with Crippen LogP contribution < -0.4 is 10.6 Å². The Hall–Kier alpha value is -3.22. The normalized spacial score (nSPS) is 10.6. The minimum atomic E-state index is -0.607. The zero-order valence-corrected chi connectivity index (χ0v) is 12.6. The molecule has 5 nitrogen and oxygen atoms in total. The maximum absolute atomic E-state index is 13.6. The second-order valence-corrected chi connectivity index (χ2v) is 5.24. The highest BCUT2D eigenvalue weighted by Gasteiger charge is 2.12. The molecule has 0 saturated heterocycles. The fourth-order valence-corrected chi connectivity index (χ4v) is 2.31. The smallest absolute Gasteiger partial charge is 0.272 e. The van der Waals surface area contributed by atoms with Crippen molar-refractivity contribution in [1.82, 2.24) is 4.98 Å². The van der Waals surface area contributed by atoms with Crippen LogP contribution in [0.3, 0.4) is 0 Å². The lowest BCUT2D eigenvalue weighted by Gasteiger charge is -2.08. The zero-order valence-electron chi connectivity index (χ0n) is 12.6. The molecule has 3 N–H and O–H groups in total. The third-order valence-electron chi connectivity index (χ3n) is 3.36. The van der Waals surface area contributed by atoms with E-state index in [4.69, 9.17) is 0 Å². The molecule has 122 valence electrons. The monoisotopic (exact) mass is 329 g/mol. The molecule has 0 aliphatic carbocycles. The molecule has 0 bridgehead atoms. The van der Waals surface area contributed by atoms with E-state index in [-0.39, 0.29) is 11.4 Å². The number of nitrogens with one attached hydrogen (secondary N) is 3. The molecule has 2 amide bonds. The van der Waals surface area contributed by atoms with E-state index >= 15 is 0 Å². The molecule has 2 aromatic carbocycles. The van der Waals surface area contributed by atoms with E-state index in [2.05, 4.69) is 15.6 Å². The second-order valence-electron chi connectivity index (χ2n) is 5.24. The van der Waals surface area contributed by atoms with Gasteiger partial charge in [-0.05, 0) is 42.5 Å². The number of amides is 2. The topological polar surface area (TPSA) is 74.0 Å². The van der Waals surface area contributed by atoms with Crippen LogP contribution in [-0.4, -0.2) is 16.8 Å². The van der Waals surface area contributed by atoms with E-state index in [1.807, 2.05) is 0 Å². The summed E-state index contributed by atoms with van der Waals surface area (Å²) >= 11 is 0. The van der Waals surface area contributed by atoms with Crippen molar-refractivity contribution in [2.24, 2.45) is 0 Å². The molecule has 0 radical (unpaired) electrons. The van der Waals surface area contributed by atoms with Gasteiger partial charge in [0.25, 0.3) is 5.91 Å². The molecule has 0 aliphatic rings. The Kier molecular flexibility index (Phi) is 3.99. The number of aromatic amines is 1. The van der Waals surface area contributed by atoms with Gasteiger partial charge in [0.15, 0.2) is 0 Å². The first-order valence-corrected chi connectivity index (χ1v) is 7.09. The summed E-state index contributed by atoms with van der Waals surface area (Å²) < 4.78 is 26.8. The van der Waals surface area contributed by atoms with E-state index in [9.17, 15) is 18.4 Å². The zero-order chi connectivity index (χ0) is 17.3. The molecule has 0 unspecified atom stereocenters. The minimum absolute atomic E-state index is 0.0287. The fraction of sp³-hybridized carbons (Fsp3) is 0.0588. The van der Waals surface area contributed by atoms with Crippen LogP contribution in [0.25, 0.3) is 10.9 Å². The molecule has 3 aromatic rings. The van der Waals surface area contributed by atoms with Gasteiger partial charge >= 0.3 is 0 Å². The Morgan fingerprint density at radius 2 is 1.79 bits per heavy atom. The summed E-state index contributed by atoms with van der Waals surface area (Å²) in [7, 11) is 0. The number of hydrogen-bond acceptors (Lipinski definition) is 2. The van der Waals surface area contributed by atoms with Gasteiger partial charge in [-0.3, -0.25) is 9.59 Å². The molecular weight excluding hydrogens is 316 g/mol. The van der Waals surface area contributed by atoms with Crippen LogP contribution in [0.15, 0.2) is 42.5 Å². The number of hydrogen-bond donors (Lipinski definition) is 3. The Morgan fingerprint density at radius 1 is 1.00 bits per heavy atom. The van der Waals surface area contributed by atoms with Crippen molar-refractivity contribution in [3.05, 3.63) is 59.8 Å². The number of benzene rings is 2. The summed E-state index contributed by atoms with van der Waals surface area (Å²) in [6, 6.07) is 9.50. The van der Waals surface area contributed by atoms with Crippen LogP contribution in [0.5, 0.6) is 0 Å². The van der Waals surface area contributed by atoms with Crippen LogP contribution in [-0.2, 0) is 4.79 Å².